The Kier molecular flexibility index (Phi) is 5.07. The van der Waals surface area contributed by atoms with Crippen molar-refractivity contribution in [3.05, 3.63) is 41.9 Å². The van der Waals surface area contributed by atoms with Crippen LogP contribution in [0.3, 0.4) is 0 Å². The molecule has 1 unspecified atom stereocenters. The molecule has 0 spiro atoms. The Balaban J connectivity index is 2.20. The average molecular weight is 318 g/mol. The van der Waals surface area contributed by atoms with Crippen molar-refractivity contribution in [2.45, 2.75) is 19.9 Å². The van der Waals surface area contributed by atoms with E-state index in [9.17, 15) is 9.59 Å². The normalized spacial score (nSPS) is 12.1. The molecule has 2 heterocycles. The third kappa shape index (κ3) is 3.72. The molecule has 0 aliphatic carbocycles. The number of carbonyl (C=O) groups excluding carboxylic acids is 1. The predicted octanol–water partition coefficient (Wildman–Crippen LogP) is 0.732. The second-order valence-corrected chi connectivity index (χ2v) is 5.00. The van der Waals surface area contributed by atoms with Crippen LogP contribution in [0.2, 0.25) is 0 Å². The van der Waals surface area contributed by atoms with E-state index < -0.39 is 17.9 Å². The highest BCUT2D eigenvalue weighted by molar-refractivity contribution is 5.97. The van der Waals surface area contributed by atoms with Gasteiger partial charge in [-0.3, -0.25) is 4.79 Å². The Morgan fingerprint density at radius 3 is 2.91 bits per heavy atom. The predicted molar refractivity (Wildman–Crippen MR) is 82.4 cm³/mol. The number of carboxylic acids is 1. The van der Waals surface area contributed by atoms with Gasteiger partial charge in [-0.1, -0.05) is 6.08 Å². The Bertz CT molecular complexity index is 753. The maximum absolute atomic E-state index is 12.3. The van der Waals surface area contributed by atoms with Crippen molar-refractivity contribution in [1.29, 1.82) is 0 Å². The number of amides is 1. The third-order valence-electron chi connectivity index (χ3n) is 3.21. The summed E-state index contributed by atoms with van der Waals surface area (Å²) >= 11 is 0. The van der Waals surface area contributed by atoms with E-state index in [0.29, 0.717) is 11.3 Å². The zero-order valence-electron chi connectivity index (χ0n) is 12.9. The topological polar surface area (TPSA) is 106 Å². The van der Waals surface area contributed by atoms with Crippen LogP contribution >= 0.6 is 0 Å². The molecule has 8 nitrogen and oxygen atoms in total. The number of nitrogens with one attached hydrogen (secondary N) is 1. The molecule has 1 amide bonds. The van der Waals surface area contributed by atoms with Gasteiger partial charge in [0.05, 0.1) is 30.2 Å². The number of aliphatic carboxylic acids is 1. The van der Waals surface area contributed by atoms with Crippen LogP contribution in [0.4, 0.5) is 0 Å². The Morgan fingerprint density at radius 2 is 2.26 bits per heavy atom. The lowest BCUT2D eigenvalue weighted by atomic mass is 10.2. The maximum Gasteiger partial charge on any atom is 0.328 e. The van der Waals surface area contributed by atoms with Gasteiger partial charge in [-0.15, -0.1) is 6.58 Å². The molecule has 2 N–H and O–H groups in total. The Morgan fingerprint density at radius 1 is 1.52 bits per heavy atom. The lowest BCUT2D eigenvalue weighted by molar-refractivity contribution is -0.140. The highest BCUT2D eigenvalue weighted by atomic mass is 16.5. The Labute approximate surface area is 132 Å². The first kappa shape index (κ1) is 16.6. The first-order valence-corrected chi connectivity index (χ1v) is 6.98. The zero-order valence-corrected chi connectivity index (χ0v) is 12.9. The molecule has 1 atom stereocenters. The molecule has 2 aromatic heterocycles. The van der Waals surface area contributed by atoms with Crippen LogP contribution in [0, 0.1) is 13.8 Å². The average Bonchev–Trinajstić information content (AvgIpc) is 2.88. The minimum absolute atomic E-state index is 0.150. The number of aromatic nitrogens is 3. The molecule has 8 heteroatoms. The summed E-state index contributed by atoms with van der Waals surface area (Å²) in [5.74, 6) is -1.72. The van der Waals surface area contributed by atoms with E-state index in [0.717, 1.165) is 5.69 Å². The van der Waals surface area contributed by atoms with Gasteiger partial charge in [0.1, 0.15) is 0 Å². The molecule has 0 saturated carbocycles. The van der Waals surface area contributed by atoms with E-state index in [1.807, 2.05) is 6.92 Å². The van der Waals surface area contributed by atoms with Crippen molar-refractivity contribution in [1.82, 2.24) is 19.9 Å². The molecule has 0 bridgehead atoms. The van der Waals surface area contributed by atoms with Gasteiger partial charge >= 0.3 is 5.97 Å². The molecule has 0 fully saturated rings. The number of rotatable bonds is 7. The van der Waals surface area contributed by atoms with Gasteiger partial charge in [-0.05, 0) is 13.8 Å². The second kappa shape index (κ2) is 7.01. The lowest BCUT2D eigenvalue weighted by Gasteiger charge is -2.15. The van der Waals surface area contributed by atoms with Gasteiger partial charge in [-0.25, -0.2) is 14.3 Å². The van der Waals surface area contributed by atoms with E-state index in [1.54, 1.807) is 17.5 Å². The van der Waals surface area contributed by atoms with Crippen LogP contribution in [0.1, 0.15) is 21.7 Å². The van der Waals surface area contributed by atoms with Crippen molar-refractivity contribution in [3.8, 4) is 0 Å². The van der Waals surface area contributed by atoms with Gasteiger partial charge in [0, 0.05) is 12.3 Å². The van der Waals surface area contributed by atoms with Crippen molar-refractivity contribution < 1.29 is 19.4 Å². The van der Waals surface area contributed by atoms with Crippen molar-refractivity contribution in [3.63, 3.8) is 0 Å². The highest BCUT2D eigenvalue weighted by Crippen LogP contribution is 2.11. The SMILES string of the molecule is C=CCOCC(NC(=O)c1cnc2cc(C)nn2c1C)C(=O)O. The van der Waals surface area contributed by atoms with Crippen LogP contribution in [0.5, 0.6) is 0 Å². The van der Waals surface area contributed by atoms with Gasteiger partial charge in [-0.2, -0.15) is 5.10 Å². The fourth-order valence-electron chi connectivity index (χ4n) is 2.07. The number of carboxylic acid groups (broad SMARTS) is 1. The van der Waals surface area contributed by atoms with Gasteiger partial charge in [0.25, 0.3) is 5.91 Å². The summed E-state index contributed by atoms with van der Waals surface area (Å²) < 4.78 is 6.65. The molecular weight excluding hydrogens is 300 g/mol. The van der Waals surface area contributed by atoms with E-state index in [2.05, 4.69) is 22.0 Å². The van der Waals surface area contributed by atoms with Gasteiger partial charge < -0.3 is 15.2 Å². The molecule has 0 aliphatic heterocycles. The number of hydrogen-bond donors (Lipinski definition) is 2. The number of hydrogen-bond acceptors (Lipinski definition) is 5. The first-order valence-electron chi connectivity index (χ1n) is 6.98. The van der Waals surface area contributed by atoms with E-state index >= 15 is 0 Å². The van der Waals surface area contributed by atoms with Crippen LogP contribution in [0.25, 0.3) is 5.65 Å². The second-order valence-electron chi connectivity index (χ2n) is 5.00. The number of nitrogens with zero attached hydrogens (tertiary/aromatic N) is 3. The summed E-state index contributed by atoms with van der Waals surface area (Å²) in [6, 6.07) is 0.634. The standard InChI is InChI=1S/C15H18N4O4/c1-4-5-23-8-12(15(21)22)17-14(20)11-7-16-13-6-9(2)18-19(13)10(11)3/h4,6-7,12H,1,5,8H2,2-3H3,(H,17,20)(H,21,22). The van der Waals surface area contributed by atoms with Crippen LogP contribution < -0.4 is 5.32 Å². The molecule has 122 valence electrons. The van der Waals surface area contributed by atoms with Crippen LogP contribution in [-0.2, 0) is 9.53 Å². The largest absolute Gasteiger partial charge is 0.480 e. The lowest BCUT2D eigenvalue weighted by Crippen LogP contribution is -2.44. The van der Waals surface area contributed by atoms with Crippen LogP contribution in [0.15, 0.2) is 24.9 Å². The summed E-state index contributed by atoms with van der Waals surface area (Å²) in [5.41, 5.74) is 2.24. The molecule has 23 heavy (non-hydrogen) atoms. The third-order valence-corrected chi connectivity index (χ3v) is 3.21. The molecule has 0 aromatic carbocycles. The summed E-state index contributed by atoms with van der Waals surface area (Å²) in [6.45, 7) is 7.08. The summed E-state index contributed by atoms with van der Waals surface area (Å²) in [4.78, 5) is 27.7. The fourth-order valence-corrected chi connectivity index (χ4v) is 2.07. The molecule has 0 saturated heterocycles. The minimum Gasteiger partial charge on any atom is -0.480 e. The van der Waals surface area contributed by atoms with Crippen molar-refractivity contribution in [2.75, 3.05) is 13.2 Å². The van der Waals surface area contributed by atoms with E-state index in [-0.39, 0.29) is 18.8 Å². The van der Waals surface area contributed by atoms with Gasteiger partial charge in [0.15, 0.2) is 11.7 Å². The minimum atomic E-state index is -1.18. The number of fused-ring (bicyclic) bond motifs is 1. The summed E-state index contributed by atoms with van der Waals surface area (Å²) in [6.07, 6.45) is 2.91. The summed E-state index contributed by atoms with van der Waals surface area (Å²) in [7, 11) is 0. The van der Waals surface area contributed by atoms with Crippen LogP contribution in [-0.4, -0.2) is 50.8 Å². The smallest absolute Gasteiger partial charge is 0.328 e. The molecule has 2 rings (SSSR count). The van der Waals surface area contributed by atoms with E-state index in [1.165, 1.54) is 12.3 Å². The van der Waals surface area contributed by atoms with E-state index in [4.69, 9.17) is 9.84 Å². The molecule has 2 aromatic rings. The zero-order chi connectivity index (χ0) is 17.0. The molecular formula is C15H18N4O4. The number of aryl methyl sites for hydroxylation is 2. The van der Waals surface area contributed by atoms with Crippen molar-refractivity contribution >= 4 is 17.5 Å². The molecule has 0 radical (unpaired) electrons. The monoisotopic (exact) mass is 318 g/mol. The summed E-state index contributed by atoms with van der Waals surface area (Å²) in [5, 5.41) is 15.8. The Hall–Kier alpha value is -2.74. The quantitative estimate of drug-likeness (QED) is 0.576. The van der Waals surface area contributed by atoms with Gasteiger partial charge in [0.2, 0.25) is 0 Å². The fraction of sp³-hybridized carbons (Fsp3) is 0.333. The number of ether oxygens (including phenoxy) is 1. The maximum atomic E-state index is 12.3. The highest BCUT2D eigenvalue weighted by Gasteiger charge is 2.22. The first-order chi connectivity index (χ1) is 10.9. The van der Waals surface area contributed by atoms with Crippen molar-refractivity contribution in [2.24, 2.45) is 0 Å². The number of carbonyl (C=O) groups is 2. The molecule has 0 aliphatic rings.